The quantitative estimate of drug-likeness (QED) is 0.760. The van der Waals surface area contributed by atoms with E-state index in [1.807, 2.05) is 38.2 Å². The molecule has 0 fully saturated rings. The van der Waals surface area contributed by atoms with Gasteiger partial charge in [-0.25, -0.2) is 0 Å². The van der Waals surface area contributed by atoms with Crippen LogP contribution < -0.4 is 16.4 Å². The molecule has 0 aliphatic heterocycles. The number of aromatic nitrogens is 3. The number of hydrogen-bond donors (Lipinski definition) is 3. The highest BCUT2D eigenvalue weighted by atomic mass is 15.1. The van der Waals surface area contributed by atoms with Gasteiger partial charge < -0.3 is 16.4 Å². The van der Waals surface area contributed by atoms with Crippen LogP contribution in [0.3, 0.4) is 0 Å². The van der Waals surface area contributed by atoms with E-state index >= 15 is 0 Å². The minimum Gasteiger partial charge on any atom is -0.370 e. The first kappa shape index (κ1) is 13.1. The van der Waals surface area contributed by atoms with Crippen LogP contribution in [0.5, 0.6) is 0 Å². The number of nitrogen functional groups attached to an aromatic ring is 1. The van der Waals surface area contributed by atoms with Gasteiger partial charge >= 0.3 is 0 Å². The van der Waals surface area contributed by atoms with Crippen molar-refractivity contribution >= 4 is 17.6 Å². The molecule has 0 amide bonds. The number of nitrogens with two attached hydrogens (primary N) is 1. The average molecular weight is 258 g/mol. The maximum atomic E-state index is 5.69. The van der Waals surface area contributed by atoms with Gasteiger partial charge in [0.15, 0.2) is 0 Å². The first-order valence-electron chi connectivity index (χ1n) is 6.24. The maximum Gasteiger partial charge on any atom is 0.223 e. The van der Waals surface area contributed by atoms with Crippen molar-refractivity contribution in [1.29, 1.82) is 0 Å². The lowest BCUT2D eigenvalue weighted by atomic mass is 10.1. The van der Waals surface area contributed by atoms with Crippen LogP contribution in [0.15, 0.2) is 30.6 Å². The van der Waals surface area contributed by atoms with E-state index in [1.54, 1.807) is 6.20 Å². The van der Waals surface area contributed by atoms with Gasteiger partial charge in [0.2, 0.25) is 5.95 Å². The molecule has 0 aromatic carbocycles. The van der Waals surface area contributed by atoms with Crippen molar-refractivity contribution < 1.29 is 0 Å². The average Bonchev–Trinajstić information content (AvgIpc) is 2.39. The molecule has 4 N–H and O–H groups in total. The van der Waals surface area contributed by atoms with E-state index in [2.05, 4.69) is 25.6 Å². The number of hydrogen-bond acceptors (Lipinski definition) is 6. The third kappa shape index (κ3) is 3.54. The van der Waals surface area contributed by atoms with Gasteiger partial charge in [-0.3, -0.25) is 4.98 Å². The van der Waals surface area contributed by atoms with Crippen molar-refractivity contribution in [3.63, 3.8) is 0 Å². The molecule has 2 rings (SSSR count). The van der Waals surface area contributed by atoms with Crippen LogP contribution in [0.4, 0.5) is 17.6 Å². The minimum absolute atomic E-state index is 0.0949. The highest BCUT2D eigenvalue weighted by Crippen LogP contribution is 2.19. The predicted octanol–water partition coefficient (Wildman–Crippen LogP) is 2.06. The standard InChI is InChI=1S/C13H18N6/c1-3-16-11-7-12(19-13(14)18-11)17-9(2)10-5-4-6-15-8-10/h4-9H,3H2,1-2H3,(H4,14,16,17,18,19). The predicted molar refractivity (Wildman–Crippen MR) is 76.9 cm³/mol. The lowest BCUT2D eigenvalue weighted by molar-refractivity contribution is 0.865. The first-order valence-corrected chi connectivity index (χ1v) is 6.24. The Balaban J connectivity index is 2.14. The summed E-state index contributed by atoms with van der Waals surface area (Å²) in [6.07, 6.45) is 3.58. The van der Waals surface area contributed by atoms with Crippen molar-refractivity contribution in [2.45, 2.75) is 19.9 Å². The fourth-order valence-electron chi connectivity index (χ4n) is 1.75. The van der Waals surface area contributed by atoms with Crippen molar-refractivity contribution in [3.8, 4) is 0 Å². The van der Waals surface area contributed by atoms with E-state index in [1.165, 1.54) is 0 Å². The van der Waals surface area contributed by atoms with Gasteiger partial charge in [0.05, 0.1) is 6.04 Å². The van der Waals surface area contributed by atoms with Gasteiger partial charge in [0.1, 0.15) is 11.6 Å². The molecule has 1 atom stereocenters. The van der Waals surface area contributed by atoms with Gasteiger partial charge in [0.25, 0.3) is 0 Å². The van der Waals surface area contributed by atoms with Crippen LogP contribution in [0.1, 0.15) is 25.5 Å². The van der Waals surface area contributed by atoms with Crippen molar-refractivity contribution in [3.05, 3.63) is 36.2 Å². The summed E-state index contributed by atoms with van der Waals surface area (Å²) in [7, 11) is 0. The van der Waals surface area contributed by atoms with Crippen molar-refractivity contribution in [1.82, 2.24) is 15.0 Å². The highest BCUT2D eigenvalue weighted by molar-refractivity contribution is 5.51. The van der Waals surface area contributed by atoms with E-state index in [-0.39, 0.29) is 12.0 Å². The summed E-state index contributed by atoms with van der Waals surface area (Å²) in [5.74, 6) is 1.66. The molecule has 19 heavy (non-hydrogen) atoms. The van der Waals surface area contributed by atoms with Gasteiger partial charge in [-0.2, -0.15) is 9.97 Å². The Labute approximate surface area is 112 Å². The van der Waals surface area contributed by atoms with E-state index in [4.69, 9.17) is 5.73 Å². The van der Waals surface area contributed by atoms with Crippen LogP contribution in [0.2, 0.25) is 0 Å². The number of pyridine rings is 1. The van der Waals surface area contributed by atoms with Gasteiger partial charge in [-0.05, 0) is 25.5 Å². The summed E-state index contributed by atoms with van der Waals surface area (Å²) in [6.45, 7) is 4.83. The largest absolute Gasteiger partial charge is 0.370 e. The van der Waals surface area contributed by atoms with E-state index in [0.29, 0.717) is 5.82 Å². The molecule has 0 saturated heterocycles. The fraction of sp³-hybridized carbons (Fsp3) is 0.308. The Hall–Kier alpha value is -2.37. The van der Waals surface area contributed by atoms with Crippen LogP contribution >= 0.6 is 0 Å². The monoisotopic (exact) mass is 258 g/mol. The second-order valence-electron chi connectivity index (χ2n) is 4.18. The summed E-state index contributed by atoms with van der Waals surface area (Å²) in [5.41, 5.74) is 6.78. The van der Waals surface area contributed by atoms with E-state index in [0.717, 1.165) is 17.9 Å². The molecule has 0 spiro atoms. The molecule has 2 heterocycles. The molecule has 6 heteroatoms. The third-order valence-corrected chi connectivity index (χ3v) is 2.65. The molecule has 0 aliphatic carbocycles. The lowest BCUT2D eigenvalue weighted by Gasteiger charge is -2.15. The zero-order valence-corrected chi connectivity index (χ0v) is 11.1. The summed E-state index contributed by atoms with van der Waals surface area (Å²) in [4.78, 5) is 12.4. The Morgan fingerprint density at radius 2 is 2.11 bits per heavy atom. The van der Waals surface area contributed by atoms with E-state index < -0.39 is 0 Å². The first-order chi connectivity index (χ1) is 9.19. The minimum atomic E-state index is 0.0949. The molecule has 0 bridgehead atoms. The third-order valence-electron chi connectivity index (χ3n) is 2.65. The topological polar surface area (TPSA) is 88.8 Å². The molecular formula is C13H18N6. The van der Waals surface area contributed by atoms with Crippen LogP contribution in [0.25, 0.3) is 0 Å². The molecular weight excluding hydrogens is 240 g/mol. The molecule has 0 saturated carbocycles. The molecule has 6 nitrogen and oxygen atoms in total. The molecule has 2 aromatic rings. The summed E-state index contributed by atoms with van der Waals surface area (Å²) < 4.78 is 0. The van der Waals surface area contributed by atoms with Crippen molar-refractivity contribution in [2.75, 3.05) is 22.9 Å². The van der Waals surface area contributed by atoms with Gasteiger partial charge in [0, 0.05) is 25.0 Å². The normalized spacial score (nSPS) is 11.9. The Bertz CT molecular complexity index is 528. The zero-order valence-electron chi connectivity index (χ0n) is 11.1. The second kappa shape index (κ2) is 5.99. The lowest BCUT2D eigenvalue weighted by Crippen LogP contribution is -2.11. The van der Waals surface area contributed by atoms with Crippen LogP contribution in [0, 0.1) is 0 Å². The smallest absolute Gasteiger partial charge is 0.223 e. The Kier molecular flexibility index (Phi) is 4.12. The SMILES string of the molecule is CCNc1cc(NC(C)c2cccnc2)nc(N)n1. The molecule has 100 valence electrons. The molecule has 0 aliphatic rings. The number of anilines is 3. The van der Waals surface area contributed by atoms with Gasteiger partial charge in [-0.15, -0.1) is 0 Å². The van der Waals surface area contributed by atoms with Crippen molar-refractivity contribution in [2.24, 2.45) is 0 Å². The highest BCUT2D eigenvalue weighted by Gasteiger charge is 2.08. The summed E-state index contributed by atoms with van der Waals surface area (Å²) >= 11 is 0. The molecule has 0 radical (unpaired) electrons. The molecule has 2 aromatic heterocycles. The number of rotatable bonds is 5. The van der Waals surface area contributed by atoms with E-state index in [9.17, 15) is 0 Å². The fourth-order valence-corrected chi connectivity index (χ4v) is 1.75. The summed E-state index contributed by atoms with van der Waals surface area (Å²) in [5, 5.41) is 6.40. The second-order valence-corrected chi connectivity index (χ2v) is 4.18. The summed E-state index contributed by atoms with van der Waals surface area (Å²) in [6, 6.07) is 5.86. The zero-order chi connectivity index (χ0) is 13.7. The Morgan fingerprint density at radius 1 is 1.32 bits per heavy atom. The molecule has 1 unspecified atom stereocenters. The van der Waals surface area contributed by atoms with Crippen LogP contribution in [-0.4, -0.2) is 21.5 Å². The number of nitrogens with one attached hydrogen (secondary N) is 2. The van der Waals surface area contributed by atoms with Gasteiger partial charge in [-0.1, -0.05) is 6.07 Å². The Morgan fingerprint density at radius 3 is 2.79 bits per heavy atom. The maximum absolute atomic E-state index is 5.69. The number of nitrogens with zero attached hydrogens (tertiary/aromatic N) is 3. The van der Waals surface area contributed by atoms with Crippen LogP contribution in [-0.2, 0) is 0 Å².